The first-order chi connectivity index (χ1) is 10.2. The van der Waals surface area contributed by atoms with E-state index in [0.29, 0.717) is 26.1 Å². The first-order valence-electron chi connectivity index (χ1n) is 7.31. The van der Waals surface area contributed by atoms with Crippen molar-refractivity contribution in [1.29, 1.82) is 5.26 Å². The van der Waals surface area contributed by atoms with E-state index in [0.717, 1.165) is 24.3 Å². The Kier molecular flexibility index (Phi) is 3.75. The molecule has 1 aliphatic carbocycles. The maximum Gasteiger partial charge on any atom is 0.168 e. The summed E-state index contributed by atoms with van der Waals surface area (Å²) in [5, 5.41) is 13.0. The molecule has 5 heteroatoms. The molecule has 1 N–H and O–H groups in total. The number of nitrogens with one attached hydrogen (secondary N) is 1. The fraction of sp³-hybridized carbons (Fsp3) is 0.562. The van der Waals surface area contributed by atoms with Gasteiger partial charge in [0.1, 0.15) is 11.3 Å². The van der Waals surface area contributed by atoms with Gasteiger partial charge in [0.25, 0.3) is 0 Å². The van der Waals surface area contributed by atoms with Crippen LogP contribution in [0.15, 0.2) is 24.3 Å². The van der Waals surface area contributed by atoms with Gasteiger partial charge in [0, 0.05) is 24.6 Å². The van der Waals surface area contributed by atoms with E-state index in [-0.39, 0.29) is 0 Å². The monoisotopic (exact) mass is 288 g/mol. The Morgan fingerprint density at radius 1 is 1.19 bits per heavy atom. The topological polar surface area (TPSA) is 63.5 Å². The molecule has 1 spiro atoms. The minimum absolute atomic E-state index is 0.448. The highest BCUT2D eigenvalue weighted by atomic mass is 16.7. The summed E-state index contributed by atoms with van der Waals surface area (Å²) in [4.78, 5) is 0. The molecule has 1 aliphatic heterocycles. The van der Waals surface area contributed by atoms with Crippen LogP contribution in [-0.4, -0.2) is 31.6 Å². The highest BCUT2D eigenvalue weighted by Crippen LogP contribution is 2.41. The predicted molar refractivity (Wildman–Crippen MR) is 78.1 cm³/mol. The minimum atomic E-state index is -0.563. The van der Waals surface area contributed by atoms with E-state index in [4.69, 9.17) is 14.2 Å². The maximum atomic E-state index is 9.64. The molecule has 1 saturated heterocycles. The van der Waals surface area contributed by atoms with Crippen LogP contribution in [0, 0.1) is 11.3 Å². The number of methoxy groups -OCH3 is 1. The Bertz CT molecular complexity index is 537. The zero-order valence-electron chi connectivity index (χ0n) is 12.2. The minimum Gasteiger partial charge on any atom is -0.497 e. The molecule has 1 saturated carbocycles. The first-order valence-corrected chi connectivity index (χ1v) is 7.31. The average molecular weight is 288 g/mol. The fourth-order valence-corrected chi connectivity index (χ4v) is 3.09. The lowest BCUT2D eigenvalue weighted by molar-refractivity contribution is -0.180. The summed E-state index contributed by atoms with van der Waals surface area (Å²) in [6.07, 6.45) is 2.91. The van der Waals surface area contributed by atoms with Crippen molar-refractivity contribution in [1.82, 2.24) is 0 Å². The van der Waals surface area contributed by atoms with Gasteiger partial charge in [-0.2, -0.15) is 5.26 Å². The fourth-order valence-electron chi connectivity index (χ4n) is 3.09. The summed E-state index contributed by atoms with van der Waals surface area (Å²) < 4.78 is 16.7. The summed E-state index contributed by atoms with van der Waals surface area (Å²) in [5.41, 5.74) is 0.340. The van der Waals surface area contributed by atoms with Crippen LogP contribution in [0.1, 0.15) is 25.7 Å². The second-order valence-electron chi connectivity index (χ2n) is 5.66. The molecule has 3 rings (SSSR count). The number of rotatable bonds is 3. The quantitative estimate of drug-likeness (QED) is 0.926. The van der Waals surface area contributed by atoms with Crippen LogP contribution in [0.2, 0.25) is 0 Å². The molecular weight excluding hydrogens is 268 g/mol. The van der Waals surface area contributed by atoms with E-state index in [1.54, 1.807) is 7.11 Å². The standard InChI is InChI=1S/C16H20N2O3/c1-19-14-4-2-3-13(11-14)18-15(12-17)5-7-16(8-6-15)20-9-10-21-16/h2-4,11,18H,5-10H2,1H3. The maximum absolute atomic E-state index is 9.64. The van der Waals surface area contributed by atoms with Crippen molar-refractivity contribution in [2.75, 3.05) is 25.6 Å². The molecule has 1 aromatic rings. The predicted octanol–water partition coefficient (Wildman–Crippen LogP) is 2.69. The number of nitriles is 1. The molecule has 21 heavy (non-hydrogen) atoms. The molecule has 0 radical (unpaired) electrons. The van der Waals surface area contributed by atoms with Gasteiger partial charge in [-0.25, -0.2) is 0 Å². The Hall–Kier alpha value is -1.77. The van der Waals surface area contributed by atoms with Gasteiger partial charge in [-0.3, -0.25) is 0 Å². The van der Waals surface area contributed by atoms with Gasteiger partial charge in [0.15, 0.2) is 5.79 Å². The van der Waals surface area contributed by atoms with Gasteiger partial charge in [0.05, 0.1) is 26.4 Å². The molecule has 0 bridgehead atoms. The summed E-state index contributed by atoms with van der Waals surface area (Å²) in [5.74, 6) is 0.332. The molecule has 1 heterocycles. The van der Waals surface area contributed by atoms with Gasteiger partial charge < -0.3 is 19.5 Å². The van der Waals surface area contributed by atoms with Crippen molar-refractivity contribution in [3.63, 3.8) is 0 Å². The van der Waals surface area contributed by atoms with E-state index in [1.165, 1.54) is 0 Å². The number of anilines is 1. The summed E-state index contributed by atoms with van der Waals surface area (Å²) in [7, 11) is 1.64. The van der Waals surface area contributed by atoms with E-state index in [9.17, 15) is 5.26 Å². The Balaban J connectivity index is 1.72. The van der Waals surface area contributed by atoms with Gasteiger partial charge in [-0.05, 0) is 25.0 Å². The summed E-state index contributed by atoms with van der Waals surface area (Å²) in [6.45, 7) is 1.31. The second-order valence-corrected chi connectivity index (χ2v) is 5.66. The van der Waals surface area contributed by atoms with Crippen LogP contribution in [0.4, 0.5) is 5.69 Å². The molecule has 0 aromatic heterocycles. The third-order valence-corrected chi connectivity index (χ3v) is 4.35. The Morgan fingerprint density at radius 2 is 1.90 bits per heavy atom. The normalized spacial score (nSPS) is 22.7. The van der Waals surface area contributed by atoms with Crippen LogP contribution >= 0.6 is 0 Å². The van der Waals surface area contributed by atoms with E-state index in [1.807, 2.05) is 24.3 Å². The molecule has 0 atom stereocenters. The number of hydrogen-bond acceptors (Lipinski definition) is 5. The summed E-state index contributed by atoms with van der Waals surface area (Å²) in [6, 6.07) is 10.1. The molecule has 2 fully saturated rings. The van der Waals surface area contributed by atoms with Crippen LogP contribution in [-0.2, 0) is 9.47 Å². The molecule has 112 valence electrons. The van der Waals surface area contributed by atoms with Crippen molar-refractivity contribution in [2.45, 2.75) is 37.0 Å². The number of hydrogen-bond donors (Lipinski definition) is 1. The third kappa shape index (κ3) is 2.82. The lowest BCUT2D eigenvalue weighted by atomic mass is 9.79. The van der Waals surface area contributed by atoms with Gasteiger partial charge in [-0.1, -0.05) is 6.07 Å². The SMILES string of the molecule is COc1cccc(NC2(C#N)CCC3(CC2)OCCO3)c1. The Labute approximate surface area is 124 Å². The lowest BCUT2D eigenvalue weighted by Gasteiger charge is -2.40. The molecule has 0 unspecified atom stereocenters. The van der Waals surface area contributed by atoms with Gasteiger partial charge >= 0.3 is 0 Å². The van der Waals surface area contributed by atoms with Crippen LogP contribution < -0.4 is 10.1 Å². The van der Waals surface area contributed by atoms with Crippen LogP contribution in [0.3, 0.4) is 0 Å². The molecule has 1 aromatic carbocycles. The Morgan fingerprint density at radius 3 is 2.52 bits per heavy atom. The first kappa shape index (κ1) is 14.2. The number of ether oxygens (including phenoxy) is 3. The van der Waals surface area contributed by atoms with Crippen LogP contribution in [0.5, 0.6) is 5.75 Å². The molecule has 5 nitrogen and oxygen atoms in total. The zero-order chi connectivity index (χ0) is 14.8. The van der Waals surface area contributed by atoms with Crippen molar-refractivity contribution in [3.05, 3.63) is 24.3 Å². The van der Waals surface area contributed by atoms with Crippen LogP contribution in [0.25, 0.3) is 0 Å². The van der Waals surface area contributed by atoms with Crippen molar-refractivity contribution < 1.29 is 14.2 Å². The number of benzene rings is 1. The highest BCUT2D eigenvalue weighted by molar-refractivity contribution is 5.51. The van der Waals surface area contributed by atoms with Crippen molar-refractivity contribution in [2.24, 2.45) is 0 Å². The highest BCUT2D eigenvalue weighted by Gasteiger charge is 2.46. The van der Waals surface area contributed by atoms with Crippen molar-refractivity contribution >= 4 is 5.69 Å². The van der Waals surface area contributed by atoms with Gasteiger partial charge in [0.2, 0.25) is 0 Å². The van der Waals surface area contributed by atoms with Crippen molar-refractivity contribution in [3.8, 4) is 11.8 Å². The molecule has 0 amide bonds. The van der Waals surface area contributed by atoms with E-state index < -0.39 is 11.3 Å². The zero-order valence-corrected chi connectivity index (χ0v) is 12.2. The smallest absolute Gasteiger partial charge is 0.168 e. The summed E-state index contributed by atoms with van der Waals surface area (Å²) >= 11 is 0. The molecular formula is C16H20N2O3. The average Bonchev–Trinajstić information content (AvgIpc) is 2.99. The van der Waals surface area contributed by atoms with E-state index >= 15 is 0 Å². The molecule has 2 aliphatic rings. The van der Waals surface area contributed by atoms with E-state index in [2.05, 4.69) is 11.4 Å². The van der Waals surface area contributed by atoms with Gasteiger partial charge in [-0.15, -0.1) is 0 Å². The lowest BCUT2D eigenvalue weighted by Crippen LogP contribution is -2.47. The second kappa shape index (κ2) is 5.55. The third-order valence-electron chi connectivity index (χ3n) is 4.35. The number of nitrogens with zero attached hydrogens (tertiary/aromatic N) is 1. The largest absolute Gasteiger partial charge is 0.497 e.